The van der Waals surface area contributed by atoms with Gasteiger partial charge in [0.2, 0.25) is 0 Å². The summed E-state index contributed by atoms with van der Waals surface area (Å²) in [5.74, 6) is -0.721. The van der Waals surface area contributed by atoms with E-state index in [1.54, 1.807) is 13.0 Å². The maximum Gasteiger partial charge on any atom is 0.303 e. The topological polar surface area (TPSA) is 83.8 Å². The molecule has 5 nitrogen and oxygen atoms in total. The Morgan fingerprint density at radius 1 is 1.33 bits per heavy atom. The van der Waals surface area contributed by atoms with Crippen LogP contribution in [0.25, 0.3) is 0 Å². The molecule has 21 heavy (non-hydrogen) atoms. The van der Waals surface area contributed by atoms with Gasteiger partial charge in [-0.15, -0.1) is 0 Å². The van der Waals surface area contributed by atoms with Gasteiger partial charge in [-0.25, -0.2) is 0 Å². The fraction of sp³-hybridized carbons (Fsp3) is 0.500. The van der Waals surface area contributed by atoms with Crippen LogP contribution in [0.5, 0.6) is 11.5 Å². The number of ketones is 1. The first-order chi connectivity index (χ1) is 9.86. The molecule has 2 N–H and O–H groups in total. The van der Waals surface area contributed by atoms with E-state index in [1.165, 1.54) is 13.0 Å². The number of hydrogen-bond donors (Lipinski definition) is 2. The van der Waals surface area contributed by atoms with Crippen LogP contribution in [0, 0.1) is 5.92 Å². The van der Waals surface area contributed by atoms with Crippen molar-refractivity contribution in [2.75, 3.05) is 6.61 Å². The van der Waals surface area contributed by atoms with Gasteiger partial charge in [0.1, 0.15) is 11.5 Å². The Morgan fingerprint density at radius 3 is 2.52 bits per heavy atom. The number of carboxylic acid groups (broad SMARTS) is 1. The van der Waals surface area contributed by atoms with Crippen LogP contribution in [-0.4, -0.2) is 28.6 Å². The normalized spacial score (nSPS) is 12.0. The van der Waals surface area contributed by atoms with Gasteiger partial charge in [0, 0.05) is 11.5 Å². The molecule has 0 radical (unpaired) electrons. The van der Waals surface area contributed by atoms with Crippen LogP contribution in [0.2, 0.25) is 0 Å². The van der Waals surface area contributed by atoms with Crippen LogP contribution in [0.1, 0.15) is 49.5 Å². The lowest BCUT2D eigenvalue weighted by molar-refractivity contribution is -0.138. The summed E-state index contributed by atoms with van der Waals surface area (Å²) in [5, 5.41) is 18.9. The molecule has 0 amide bonds. The molecule has 1 rings (SSSR count). The summed E-state index contributed by atoms with van der Waals surface area (Å²) in [6.07, 6.45) is 1.42. The third-order valence-electron chi connectivity index (χ3n) is 3.17. The molecule has 0 spiro atoms. The summed E-state index contributed by atoms with van der Waals surface area (Å²) in [4.78, 5) is 22.1. The Morgan fingerprint density at radius 2 is 2.00 bits per heavy atom. The molecule has 0 bridgehead atoms. The summed E-state index contributed by atoms with van der Waals surface area (Å²) >= 11 is 0. The quantitative estimate of drug-likeness (QED) is 0.720. The largest absolute Gasteiger partial charge is 0.507 e. The minimum absolute atomic E-state index is 0.0284. The number of phenols is 1. The highest BCUT2D eigenvalue weighted by Crippen LogP contribution is 2.33. The summed E-state index contributed by atoms with van der Waals surface area (Å²) in [6, 6.07) is 3.20. The number of ether oxygens (including phenoxy) is 1. The predicted octanol–water partition coefficient (Wildman–Crippen LogP) is 3.04. The van der Waals surface area contributed by atoms with Crippen molar-refractivity contribution < 1.29 is 24.5 Å². The molecule has 5 heteroatoms. The second-order valence-electron chi connectivity index (χ2n) is 5.26. The highest BCUT2D eigenvalue weighted by molar-refractivity contribution is 5.97. The fourth-order valence-corrected chi connectivity index (χ4v) is 2.12. The van der Waals surface area contributed by atoms with E-state index < -0.39 is 5.97 Å². The fourth-order valence-electron chi connectivity index (χ4n) is 2.12. The van der Waals surface area contributed by atoms with Crippen LogP contribution >= 0.6 is 0 Å². The second-order valence-corrected chi connectivity index (χ2v) is 5.26. The Labute approximate surface area is 124 Å². The maximum atomic E-state index is 11.5. The van der Waals surface area contributed by atoms with Gasteiger partial charge >= 0.3 is 5.97 Å². The van der Waals surface area contributed by atoms with Crippen LogP contribution in [0.15, 0.2) is 12.1 Å². The molecule has 0 aliphatic rings. The lowest BCUT2D eigenvalue weighted by Crippen LogP contribution is -2.14. The summed E-state index contributed by atoms with van der Waals surface area (Å²) < 4.78 is 5.63. The SMILES string of the molecule is CCCc1c(OCC(C)CC(=O)O)ccc(C(C)=O)c1O. The van der Waals surface area contributed by atoms with Crippen molar-refractivity contribution in [3.05, 3.63) is 23.3 Å². The van der Waals surface area contributed by atoms with Crippen molar-refractivity contribution in [2.24, 2.45) is 5.92 Å². The van der Waals surface area contributed by atoms with E-state index >= 15 is 0 Å². The Kier molecular flexibility index (Phi) is 6.21. The molecule has 0 fully saturated rings. The van der Waals surface area contributed by atoms with Gasteiger partial charge in [-0.2, -0.15) is 0 Å². The van der Waals surface area contributed by atoms with Gasteiger partial charge in [-0.1, -0.05) is 20.3 Å². The van der Waals surface area contributed by atoms with E-state index in [1.807, 2.05) is 6.92 Å². The van der Waals surface area contributed by atoms with Crippen molar-refractivity contribution in [3.8, 4) is 11.5 Å². The molecular weight excluding hydrogens is 272 g/mol. The number of benzene rings is 1. The Balaban J connectivity index is 2.93. The van der Waals surface area contributed by atoms with Gasteiger partial charge in [0.05, 0.1) is 18.6 Å². The molecule has 0 saturated heterocycles. The Bertz CT molecular complexity index is 522. The van der Waals surface area contributed by atoms with Gasteiger partial charge in [-0.3, -0.25) is 9.59 Å². The minimum atomic E-state index is -0.866. The molecule has 0 saturated carbocycles. The van der Waals surface area contributed by atoms with E-state index in [2.05, 4.69) is 0 Å². The van der Waals surface area contributed by atoms with E-state index in [0.29, 0.717) is 17.7 Å². The van der Waals surface area contributed by atoms with Crippen LogP contribution in [0.4, 0.5) is 0 Å². The van der Waals surface area contributed by atoms with Crippen molar-refractivity contribution in [1.82, 2.24) is 0 Å². The van der Waals surface area contributed by atoms with E-state index in [4.69, 9.17) is 9.84 Å². The number of aromatic hydroxyl groups is 1. The summed E-state index contributed by atoms with van der Waals surface area (Å²) in [5.41, 5.74) is 0.886. The highest BCUT2D eigenvalue weighted by Gasteiger charge is 2.17. The Hall–Kier alpha value is -2.04. The molecule has 1 atom stereocenters. The molecule has 0 aromatic heterocycles. The first-order valence-electron chi connectivity index (χ1n) is 7.07. The standard InChI is InChI=1S/C16H22O5/c1-4-5-13-14(21-9-10(2)8-15(18)19)7-6-12(11(3)17)16(13)20/h6-7,10,20H,4-5,8-9H2,1-3H3,(H,18,19). The molecule has 1 aromatic rings. The lowest BCUT2D eigenvalue weighted by atomic mass is 10.0. The number of carboxylic acids is 1. The monoisotopic (exact) mass is 294 g/mol. The number of phenolic OH excluding ortho intramolecular Hbond substituents is 1. The molecular formula is C16H22O5. The zero-order valence-electron chi connectivity index (χ0n) is 12.7. The van der Waals surface area contributed by atoms with Gasteiger partial charge in [-0.05, 0) is 25.5 Å². The lowest BCUT2D eigenvalue weighted by Gasteiger charge is -2.16. The maximum absolute atomic E-state index is 11.5. The number of hydrogen-bond acceptors (Lipinski definition) is 4. The van der Waals surface area contributed by atoms with Crippen LogP contribution < -0.4 is 4.74 Å². The molecule has 1 unspecified atom stereocenters. The number of carbonyl (C=O) groups is 2. The third kappa shape index (κ3) is 4.77. The van der Waals surface area contributed by atoms with Crippen molar-refractivity contribution in [1.29, 1.82) is 0 Å². The van der Waals surface area contributed by atoms with Crippen LogP contribution in [0.3, 0.4) is 0 Å². The summed E-state index contributed by atoms with van der Waals surface area (Å²) in [6.45, 7) is 5.41. The van der Waals surface area contributed by atoms with Gasteiger partial charge in [0.15, 0.2) is 5.78 Å². The van der Waals surface area contributed by atoms with E-state index in [-0.39, 0.29) is 36.0 Å². The average Bonchev–Trinajstić information content (AvgIpc) is 2.38. The number of aliphatic carboxylic acids is 1. The average molecular weight is 294 g/mol. The minimum Gasteiger partial charge on any atom is -0.507 e. The molecule has 1 aromatic carbocycles. The van der Waals surface area contributed by atoms with Gasteiger partial charge < -0.3 is 14.9 Å². The second kappa shape index (κ2) is 7.67. The smallest absolute Gasteiger partial charge is 0.303 e. The zero-order chi connectivity index (χ0) is 16.0. The van der Waals surface area contributed by atoms with E-state index in [9.17, 15) is 14.7 Å². The molecule has 116 valence electrons. The highest BCUT2D eigenvalue weighted by atomic mass is 16.5. The third-order valence-corrected chi connectivity index (χ3v) is 3.17. The van der Waals surface area contributed by atoms with Crippen molar-refractivity contribution in [3.63, 3.8) is 0 Å². The number of Topliss-reactive ketones (excluding diaryl/α,β-unsaturated/α-hetero) is 1. The number of rotatable bonds is 8. The van der Waals surface area contributed by atoms with Crippen molar-refractivity contribution in [2.45, 2.75) is 40.0 Å². The summed E-state index contributed by atoms with van der Waals surface area (Å²) in [7, 11) is 0. The van der Waals surface area contributed by atoms with Crippen molar-refractivity contribution >= 4 is 11.8 Å². The number of carbonyl (C=O) groups excluding carboxylic acids is 1. The first-order valence-corrected chi connectivity index (χ1v) is 7.07. The van der Waals surface area contributed by atoms with Crippen LogP contribution in [-0.2, 0) is 11.2 Å². The molecule has 0 aliphatic heterocycles. The van der Waals surface area contributed by atoms with Gasteiger partial charge in [0.25, 0.3) is 0 Å². The molecule has 0 aliphatic carbocycles. The first kappa shape index (κ1) is 17.0. The molecule has 0 heterocycles. The zero-order valence-corrected chi connectivity index (χ0v) is 12.7. The van der Waals surface area contributed by atoms with E-state index in [0.717, 1.165) is 6.42 Å². The predicted molar refractivity (Wildman–Crippen MR) is 79.0 cm³/mol.